The monoisotopic (exact) mass is 459 g/mol. The molecule has 0 saturated carbocycles. The van der Waals surface area contributed by atoms with Gasteiger partial charge in [0.2, 0.25) is 10.0 Å². The van der Waals surface area contributed by atoms with Crippen molar-refractivity contribution in [1.29, 1.82) is 0 Å². The Labute approximate surface area is 192 Å². The third-order valence-corrected chi connectivity index (χ3v) is 7.67. The molecule has 2 N–H and O–H groups in total. The summed E-state index contributed by atoms with van der Waals surface area (Å²) in [6, 6.07) is 15.1. The Kier molecular flexibility index (Phi) is 8.08. The lowest BCUT2D eigenvalue weighted by Crippen LogP contribution is -2.42. The third kappa shape index (κ3) is 6.51. The summed E-state index contributed by atoms with van der Waals surface area (Å²) in [5.41, 5.74) is 2.99. The quantitative estimate of drug-likeness (QED) is 0.535. The summed E-state index contributed by atoms with van der Waals surface area (Å²) in [6.45, 7) is 7.57. The van der Waals surface area contributed by atoms with Crippen LogP contribution in [0.15, 0.2) is 53.4 Å². The Bertz CT molecular complexity index is 963. The Balaban J connectivity index is 1.59. The minimum absolute atomic E-state index is 0.320. The number of benzene rings is 2. The minimum atomic E-state index is -3.48. The zero-order valence-electron chi connectivity index (χ0n) is 18.6. The van der Waals surface area contributed by atoms with Crippen molar-refractivity contribution >= 4 is 38.7 Å². The number of aryl methyl sites for hydroxylation is 1. The second-order valence-corrected chi connectivity index (χ2v) is 11.0. The molecule has 168 valence electrons. The van der Waals surface area contributed by atoms with Crippen LogP contribution in [-0.2, 0) is 16.4 Å². The van der Waals surface area contributed by atoms with Gasteiger partial charge in [-0.05, 0) is 85.3 Å². The molecule has 0 amide bonds. The molecule has 31 heavy (non-hydrogen) atoms. The van der Waals surface area contributed by atoms with Crippen LogP contribution in [0.2, 0.25) is 0 Å². The van der Waals surface area contributed by atoms with E-state index in [4.69, 9.17) is 12.2 Å². The van der Waals surface area contributed by atoms with Crippen LogP contribution < -0.4 is 10.6 Å². The summed E-state index contributed by atoms with van der Waals surface area (Å²) in [5.74, 6) is 0.757. The molecular formula is C24H33N3O2S2. The number of nitrogens with one attached hydrogen (secondary N) is 2. The van der Waals surface area contributed by atoms with E-state index in [1.54, 1.807) is 28.6 Å². The molecule has 0 bridgehead atoms. The molecule has 5 nitrogen and oxygen atoms in total. The van der Waals surface area contributed by atoms with Crippen molar-refractivity contribution in [2.45, 2.75) is 51.3 Å². The highest BCUT2D eigenvalue weighted by Crippen LogP contribution is 2.27. The van der Waals surface area contributed by atoms with Crippen molar-refractivity contribution in [1.82, 2.24) is 4.31 Å². The topological polar surface area (TPSA) is 61.4 Å². The number of sulfonamides is 1. The first-order chi connectivity index (χ1) is 14.8. The number of nitrogens with zero attached hydrogens (tertiary/aromatic N) is 1. The molecule has 0 aliphatic carbocycles. The van der Waals surface area contributed by atoms with Crippen LogP contribution in [0.4, 0.5) is 11.4 Å². The molecule has 1 saturated heterocycles. The van der Waals surface area contributed by atoms with E-state index in [-0.39, 0.29) is 0 Å². The maximum atomic E-state index is 13.0. The molecule has 0 unspecified atom stereocenters. The fraction of sp³-hybridized carbons (Fsp3) is 0.458. The maximum Gasteiger partial charge on any atom is 0.243 e. The number of hydrogen-bond donors (Lipinski definition) is 2. The van der Waals surface area contributed by atoms with Gasteiger partial charge in [0.25, 0.3) is 0 Å². The summed E-state index contributed by atoms with van der Waals surface area (Å²) < 4.78 is 27.6. The highest BCUT2D eigenvalue weighted by molar-refractivity contribution is 7.89. The van der Waals surface area contributed by atoms with E-state index in [1.807, 2.05) is 12.1 Å². The predicted octanol–water partition coefficient (Wildman–Crippen LogP) is 5.50. The van der Waals surface area contributed by atoms with E-state index in [9.17, 15) is 8.42 Å². The third-order valence-electron chi connectivity index (χ3n) is 5.62. The fourth-order valence-electron chi connectivity index (χ4n) is 4.09. The molecular weight excluding hydrogens is 426 g/mol. The minimum Gasteiger partial charge on any atom is -0.332 e. The number of rotatable bonds is 7. The molecule has 1 aliphatic rings. The summed E-state index contributed by atoms with van der Waals surface area (Å²) in [4.78, 5) is 0.320. The highest BCUT2D eigenvalue weighted by atomic mass is 32.2. The number of piperidine rings is 1. The first kappa shape index (κ1) is 23.7. The van der Waals surface area contributed by atoms with Gasteiger partial charge < -0.3 is 10.6 Å². The standard InChI is InChI=1S/C24H33N3O2S2/c1-4-5-6-20-7-9-21(10-8-20)25-24(30)26-22-11-13-23(14-12-22)31(28,29)27-16-18(2)15-19(3)17-27/h7-14,18-19H,4-6,15-17H2,1-3H3,(H2,25,26,30)/t18-,19-/m0/s1. The molecule has 3 rings (SSSR count). The Morgan fingerprint density at radius 2 is 1.48 bits per heavy atom. The second-order valence-electron chi connectivity index (χ2n) is 8.67. The van der Waals surface area contributed by atoms with E-state index in [1.165, 1.54) is 18.4 Å². The van der Waals surface area contributed by atoms with Gasteiger partial charge in [-0.3, -0.25) is 0 Å². The van der Waals surface area contributed by atoms with Crippen LogP contribution in [0.1, 0.15) is 45.6 Å². The van der Waals surface area contributed by atoms with Gasteiger partial charge in [-0.25, -0.2) is 8.42 Å². The van der Waals surface area contributed by atoms with Crippen LogP contribution >= 0.6 is 12.2 Å². The summed E-state index contributed by atoms with van der Waals surface area (Å²) in [5, 5.41) is 6.77. The zero-order chi connectivity index (χ0) is 22.4. The lowest BCUT2D eigenvalue weighted by atomic mass is 9.94. The van der Waals surface area contributed by atoms with Gasteiger partial charge in [-0.2, -0.15) is 4.31 Å². The molecule has 0 spiro atoms. The Hall–Kier alpha value is -1.96. The SMILES string of the molecule is CCCCc1ccc(NC(=S)Nc2ccc(S(=O)(=O)N3C[C@@H](C)C[C@H](C)C3)cc2)cc1. The predicted molar refractivity (Wildman–Crippen MR) is 133 cm³/mol. The molecule has 2 aromatic rings. The number of unbranched alkanes of at least 4 members (excludes halogenated alkanes) is 1. The van der Waals surface area contributed by atoms with Gasteiger partial charge in [0.05, 0.1) is 4.90 Å². The summed E-state index contributed by atoms with van der Waals surface area (Å²) >= 11 is 5.41. The summed E-state index contributed by atoms with van der Waals surface area (Å²) in [7, 11) is -3.48. The van der Waals surface area contributed by atoms with Crippen LogP contribution in [0.3, 0.4) is 0 Å². The van der Waals surface area contributed by atoms with E-state index in [0.717, 1.165) is 24.2 Å². The van der Waals surface area contributed by atoms with E-state index in [0.29, 0.717) is 34.9 Å². The lowest BCUT2D eigenvalue weighted by molar-refractivity contribution is 0.222. The molecule has 7 heteroatoms. The van der Waals surface area contributed by atoms with Crippen molar-refractivity contribution in [2.75, 3.05) is 23.7 Å². The van der Waals surface area contributed by atoms with Crippen LogP contribution in [0.5, 0.6) is 0 Å². The smallest absolute Gasteiger partial charge is 0.243 e. The van der Waals surface area contributed by atoms with Crippen LogP contribution in [0.25, 0.3) is 0 Å². The molecule has 1 fully saturated rings. The van der Waals surface area contributed by atoms with Gasteiger partial charge in [0.15, 0.2) is 5.11 Å². The number of anilines is 2. The number of hydrogen-bond acceptors (Lipinski definition) is 3. The van der Waals surface area contributed by atoms with E-state index < -0.39 is 10.0 Å². The molecule has 2 atom stereocenters. The van der Waals surface area contributed by atoms with E-state index >= 15 is 0 Å². The average molecular weight is 460 g/mol. The molecule has 0 aromatic heterocycles. The van der Waals surface area contributed by atoms with Crippen molar-refractivity contribution in [2.24, 2.45) is 11.8 Å². The van der Waals surface area contributed by atoms with Gasteiger partial charge in [0, 0.05) is 24.5 Å². The van der Waals surface area contributed by atoms with Crippen LogP contribution in [-0.4, -0.2) is 30.9 Å². The van der Waals surface area contributed by atoms with Crippen molar-refractivity contribution < 1.29 is 8.42 Å². The maximum absolute atomic E-state index is 13.0. The van der Waals surface area contributed by atoms with Gasteiger partial charge in [-0.1, -0.05) is 39.3 Å². The Morgan fingerprint density at radius 3 is 2.00 bits per heavy atom. The van der Waals surface area contributed by atoms with Crippen molar-refractivity contribution in [3.63, 3.8) is 0 Å². The normalized spacial score (nSPS) is 19.7. The largest absolute Gasteiger partial charge is 0.332 e. The number of thiocarbonyl (C=S) groups is 1. The molecule has 1 aliphatic heterocycles. The van der Waals surface area contributed by atoms with Gasteiger partial charge >= 0.3 is 0 Å². The van der Waals surface area contributed by atoms with Gasteiger partial charge in [-0.15, -0.1) is 0 Å². The highest BCUT2D eigenvalue weighted by Gasteiger charge is 2.31. The molecule has 0 radical (unpaired) electrons. The van der Waals surface area contributed by atoms with Crippen molar-refractivity contribution in [3.8, 4) is 0 Å². The van der Waals surface area contributed by atoms with Crippen LogP contribution in [0, 0.1) is 11.8 Å². The van der Waals surface area contributed by atoms with E-state index in [2.05, 4.69) is 43.5 Å². The fourth-order valence-corrected chi connectivity index (χ4v) is 6.01. The lowest BCUT2D eigenvalue weighted by Gasteiger charge is -2.34. The molecule has 1 heterocycles. The average Bonchev–Trinajstić information content (AvgIpc) is 2.73. The zero-order valence-corrected chi connectivity index (χ0v) is 20.2. The van der Waals surface area contributed by atoms with Crippen molar-refractivity contribution in [3.05, 3.63) is 54.1 Å². The molecule has 2 aromatic carbocycles. The summed E-state index contributed by atoms with van der Waals surface area (Å²) in [6.07, 6.45) is 4.53. The first-order valence-electron chi connectivity index (χ1n) is 11.0. The second kappa shape index (κ2) is 10.6. The van der Waals surface area contributed by atoms with Gasteiger partial charge in [0.1, 0.15) is 0 Å². The first-order valence-corrected chi connectivity index (χ1v) is 12.9. The Morgan fingerprint density at radius 1 is 0.968 bits per heavy atom.